The summed E-state index contributed by atoms with van der Waals surface area (Å²) in [6, 6.07) is 12.1. The van der Waals surface area contributed by atoms with Gasteiger partial charge in [-0.2, -0.15) is 0 Å². The van der Waals surface area contributed by atoms with Gasteiger partial charge in [-0.1, -0.05) is 35.9 Å². The molecule has 2 aromatic heterocycles. The van der Waals surface area contributed by atoms with Gasteiger partial charge in [-0.25, -0.2) is 0 Å². The second-order valence-electron chi connectivity index (χ2n) is 4.27. The van der Waals surface area contributed by atoms with Crippen molar-refractivity contribution in [2.75, 3.05) is 11.9 Å². The van der Waals surface area contributed by atoms with Gasteiger partial charge in [0.2, 0.25) is 0 Å². The average Bonchev–Trinajstić information content (AvgIpc) is 2.87. The lowest BCUT2D eigenvalue weighted by Gasteiger charge is -2.08. The molecule has 0 fully saturated rings. The Morgan fingerprint density at radius 1 is 1.10 bits per heavy atom. The fourth-order valence-corrected chi connectivity index (χ4v) is 3.68. The average molecular weight is 369 g/mol. The molecular formula is C14H11BrClN3S. The molecule has 2 heterocycles. The predicted molar refractivity (Wildman–Crippen MR) is 88.8 cm³/mol. The van der Waals surface area contributed by atoms with Gasteiger partial charge in [0.15, 0.2) is 11.0 Å². The minimum Gasteiger partial charge on any atom is -0.368 e. The molecule has 0 aliphatic carbocycles. The Labute approximate surface area is 134 Å². The molecule has 0 atom stereocenters. The van der Waals surface area contributed by atoms with E-state index in [2.05, 4.69) is 43.6 Å². The quantitative estimate of drug-likeness (QED) is 0.721. The highest BCUT2D eigenvalue weighted by Gasteiger charge is 2.07. The molecule has 3 aromatic rings. The van der Waals surface area contributed by atoms with Crippen LogP contribution < -0.4 is 5.32 Å². The summed E-state index contributed by atoms with van der Waals surface area (Å²) in [5.74, 6) is 0.778. The molecule has 0 amide bonds. The zero-order valence-electron chi connectivity index (χ0n) is 10.4. The van der Waals surface area contributed by atoms with E-state index < -0.39 is 0 Å². The number of rotatable bonds is 4. The zero-order valence-corrected chi connectivity index (χ0v) is 13.6. The number of anilines is 1. The minimum atomic E-state index is 0.438. The smallest absolute Gasteiger partial charge is 0.159 e. The van der Waals surface area contributed by atoms with Crippen molar-refractivity contribution in [2.24, 2.45) is 0 Å². The summed E-state index contributed by atoms with van der Waals surface area (Å²) in [7, 11) is 0. The number of hydrogen-bond donors (Lipinski definition) is 1. The van der Waals surface area contributed by atoms with Crippen molar-refractivity contribution < 1.29 is 0 Å². The maximum absolute atomic E-state index is 6.06. The second-order valence-corrected chi connectivity index (χ2v) is 7.17. The third-order valence-electron chi connectivity index (χ3n) is 2.93. The highest BCUT2D eigenvalue weighted by molar-refractivity contribution is 9.11. The van der Waals surface area contributed by atoms with E-state index in [-0.39, 0.29) is 0 Å². The number of aromatic nitrogens is 2. The van der Waals surface area contributed by atoms with Gasteiger partial charge in [0, 0.05) is 22.2 Å². The van der Waals surface area contributed by atoms with Gasteiger partial charge < -0.3 is 5.32 Å². The Morgan fingerprint density at radius 3 is 2.65 bits per heavy atom. The Kier molecular flexibility index (Phi) is 4.19. The van der Waals surface area contributed by atoms with E-state index >= 15 is 0 Å². The molecule has 3 rings (SSSR count). The van der Waals surface area contributed by atoms with Crippen molar-refractivity contribution in [3.05, 3.63) is 50.2 Å². The first-order chi connectivity index (χ1) is 9.74. The van der Waals surface area contributed by atoms with Crippen molar-refractivity contribution >= 4 is 55.5 Å². The first-order valence-corrected chi connectivity index (χ1v) is 8.12. The largest absolute Gasteiger partial charge is 0.368 e. The van der Waals surface area contributed by atoms with Crippen molar-refractivity contribution in [3.63, 3.8) is 0 Å². The monoisotopic (exact) mass is 367 g/mol. The molecule has 1 N–H and O–H groups in total. The number of benzene rings is 1. The summed E-state index contributed by atoms with van der Waals surface area (Å²) >= 11 is 11.3. The van der Waals surface area contributed by atoms with Crippen LogP contribution >= 0.6 is 38.9 Å². The normalized spacial score (nSPS) is 10.9. The van der Waals surface area contributed by atoms with Crippen LogP contribution in [0.4, 0.5) is 5.82 Å². The van der Waals surface area contributed by atoms with Crippen LogP contribution in [0.25, 0.3) is 10.8 Å². The molecule has 1 aromatic carbocycles. The molecule has 0 aliphatic heterocycles. The van der Waals surface area contributed by atoms with E-state index in [1.807, 2.05) is 24.3 Å². The third-order valence-corrected chi connectivity index (χ3v) is 4.90. The minimum absolute atomic E-state index is 0.438. The lowest BCUT2D eigenvalue weighted by molar-refractivity contribution is 0.989. The van der Waals surface area contributed by atoms with Crippen LogP contribution in [0, 0.1) is 0 Å². The van der Waals surface area contributed by atoms with Gasteiger partial charge in [-0.05, 0) is 34.5 Å². The van der Waals surface area contributed by atoms with Gasteiger partial charge in [0.1, 0.15) is 0 Å². The summed E-state index contributed by atoms with van der Waals surface area (Å²) < 4.78 is 1.16. The number of halogens is 2. The van der Waals surface area contributed by atoms with Gasteiger partial charge in [-0.3, -0.25) is 0 Å². The van der Waals surface area contributed by atoms with Crippen molar-refractivity contribution in [3.8, 4) is 0 Å². The van der Waals surface area contributed by atoms with Crippen molar-refractivity contribution in [1.29, 1.82) is 0 Å². The Morgan fingerprint density at radius 2 is 1.90 bits per heavy atom. The topological polar surface area (TPSA) is 37.8 Å². The number of hydrogen-bond acceptors (Lipinski definition) is 4. The third kappa shape index (κ3) is 2.95. The van der Waals surface area contributed by atoms with Crippen molar-refractivity contribution in [2.45, 2.75) is 6.42 Å². The van der Waals surface area contributed by atoms with Crippen LogP contribution in [0.1, 0.15) is 4.88 Å². The maximum Gasteiger partial charge on any atom is 0.159 e. The molecule has 0 unspecified atom stereocenters. The molecule has 0 radical (unpaired) electrons. The SMILES string of the molecule is Clc1nnc(NCCc2ccc(Br)s2)c2ccccc12. The maximum atomic E-state index is 6.06. The summed E-state index contributed by atoms with van der Waals surface area (Å²) in [5, 5.41) is 13.8. The molecule has 0 saturated heterocycles. The zero-order chi connectivity index (χ0) is 13.9. The van der Waals surface area contributed by atoms with Crippen LogP contribution in [-0.4, -0.2) is 16.7 Å². The van der Waals surface area contributed by atoms with Crippen LogP contribution in [0.2, 0.25) is 5.15 Å². The number of thiophene rings is 1. The second kappa shape index (κ2) is 6.08. The Balaban J connectivity index is 1.76. The van der Waals surface area contributed by atoms with Gasteiger partial charge >= 0.3 is 0 Å². The summed E-state index contributed by atoms with van der Waals surface area (Å²) in [4.78, 5) is 1.33. The highest BCUT2D eigenvalue weighted by Crippen LogP contribution is 2.26. The molecule has 3 nitrogen and oxygen atoms in total. The van der Waals surface area contributed by atoms with E-state index in [0.29, 0.717) is 5.15 Å². The summed E-state index contributed by atoms with van der Waals surface area (Å²) in [6.45, 7) is 0.813. The summed E-state index contributed by atoms with van der Waals surface area (Å²) in [6.07, 6.45) is 0.953. The van der Waals surface area contributed by atoms with Gasteiger partial charge in [-0.15, -0.1) is 21.5 Å². The van der Waals surface area contributed by atoms with Crippen molar-refractivity contribution in [1.82, 2.24) is 10.2 Å². The molecule has 0 aliphatic rings. The van der Waals surface area contributed by atoms with E-state index in [9.17, 15) is 0 Å². The predicted octanol–water partition coefficient (Wildman–Crippen LogP) is 4.76. The Hall–Kier alpha value is -1.17. The molecule has 0 bridgehead atoms. The van der Waals surface area contributed by atoms with Crippen LogP contribution in [0.15, 0.2) is 40.2 Å². The first-order valence-electron chi connectivity index (χ1n) is 6.13. The Bertz CT molecular complexity index is 744. The molecule has 6 heteroatoms. The van der Waals surface area contributed by atoms with E-state index in [4.69, 9.17) is 11.6 Å². The van der Waals surface area contributed by atoms with E-state index in [0.717, 1.165) is 33.3 Å². The lowest BCUT2D eigenvalue weighted by Crippen LogP contribution is -2.07. The molecule has 102 valence electrons. The molecule has 0 spiro atoms. The van der Waals surface area contributed by atoms with Gasteiger partial charge in [0.25, 0.3) is 0 Å². The highest BCUT2D eigenvalue weighted by atomic mass is 79.9. The molecular weight excluding hydrogens is 358 g/mol. The molecule has 0 saturated carbocycles. The lowest BCUT2D eigenvalue weighted by atomic mass is 10.2. The van der Waals surface area contributed by atoms with Crippen LogP contribution in [-0.2, 0) is 6.42 Å². The van der Waals surface area contributed by atoms with Gasteiger partial charge in [0.05, 0.1) is 3.79 Å². The standard InChI is InChI=1S/C14H11BrClN3S/c15-12-6-5-9(20-12)7-8-17-14-11-4-2-1-3-10(11)13(16)18-19-14/h1-6H,7-8H2,(H,17,19). The number of fused-ring (bicyclic) bond motifs is 1. The fraction of sp³-hybridized carbons (Fsp3) is 0.143. The number of nitrogens with zero attached hydrogens (tertiary/aromatic N) is 2. The fourth-order valence-electron chi connectivity index (χ4n) is 1.99. The van der Waals surface area contributed by atoms with Crippen LogP contribution in [0.5, 0.6) is 0 Å². The van der Waals surface area contributed by atoms with E-state index in [1.54, 1.807) is 11.3 Å². The van der Waals surface area contributed by atoms with E-state index in [1.165, 1.54) is 4.88 Å². The summed E-state index contributed by atoms with van der Waals surface area (Å²) in [5.41, 5.74) is 0. The first kappa shape index (κ1) is 13.8. The number of nitrogens with one attached hydrogen (secondary N) is 1. The molecule has 20 heavy (non-hydrogen) atoms. The van der Waals surface area contributed by atoms with Crippen LogP contribution in [0.3, 0.4) is 0 Å².